The average molecular weight is 357 g/mol. The number of amides is 2. The molecule has 1 aliphatic rings. The van der Waals surface area contributed by atoms with Gasteiger partial charge in [0.2, 0.25) is 10.0 Å². The zero-order chi connectivity index (χ0) is 17.7. The van der Waals surface area contributed by atoms with Gasteiger partial charge in [0, 0.05) is 18.8 Å². The van der Waals surface area contributed by atoms with Gasteiger partial charge in [0.05, 0.1) is 5.75 Å². The van der Waals surface area contributed by atoms with Crippen molar-refractivity contribution in [2.75, 3.05) is 31.2 Å². The summed E-state index contributed by atoms with van der Waals surface area (Å²) in [6.45, 7) is 2.81. The number of sulfonamides is 1. The second kappa shape index (κ2) is 7.94. The van der Waals surface area contributed by atoms with E-state index in [1.54, 1.807) is 17.0 Å². The Morgan fingerprint density at radius 2 is 2.17 bits per heavy atom. The monoisotopic (exact) mass is 357 g/mol. The highest BCUT2D eigenvalue weighted by molar-refractivity contribution is 7.89. The number of likely N-dealkylation sites (tertiary alicyclic amines) is 1. The fourth-order valence-electron chi connectivity index (χ4n) is 2.89. The summed E-state index contributed by atoms with van der Waals surface area (Å²) in [5.41, 5.74) is 1.00. The molecule has 0 spiro atoms. The van der Waals surface area contributed by atoms with Crippen LogP contribution in [0.3, 0.4) is 0 Å². The van der Waals surface area contributed by atoms with Crippen LogP contribution >= 0.6 is 0 Å². The molecular formula is C16H24FN3O3S. The molecular weight excluding hydrogens is 333 g/mol. The standard InChI is InChI=1S/C16H24FN3O3S/c1-3-13-6-7-14(9-15(13)17)19-16(21)20-8-4-5-12(10-20)11-24(22,23)18-2/h6-7,9,12,18H,3-5,8,10-11H2,1-2H3,(H,19,21). The normalized spacial score (nSPS) is 18.5. The molecule has 0 saturated carbocycles. The van der Waals surface area contributed by atoms with Crippen molar-refractivity contribution in [1.29, 1.82) is 0 Å². The molecule has 2 amide bonds. The first-order chi connectivity index (χ1) is 11.3. The quantitative estimate of drug-likeness (QED) is 0.848. The maximum absolute atomic E-state index is 13.8. The Kier molecular flexibility index (Phi) is 6.17. The zero-order valence-electron chi connectivity index (χ0n) is 14.0. The Morgan fingerprint density at radius 1 is 1.42 bits per heavy atom. The SMILES string of the molecule is CCc1ccc(NC(=O)N2CCCC(CS(=O)(=O)NC)C2)cc1F. The van der Waals surface area contributed by atoms with Gasteiger partial charge in [-0.15, -0.1) is 0 Å². The predicted molar refractivity (Wildman–Crippen MR) is 91.9 cm³/mol. The Labute approximate surface area is 142 Å². The summed E-state index contributed by atoms with van der Waals surface area (Å²) in [4.78, 5) is 13.9. The minimum atomic E-state index is -3.30. The number of hydrogen-bond donors (Lipinski definition) is 2. The molecule has 6 nitrogen and oxygen atoms in total. The molecule has 2 rings (SSSR count). The molecule has 1 fully saturated rings. The number of carbonyl (C=O) groups excluding carboxylic acids is 1. The van der Waals surface area contributed by atoms with Crippen molar-refractivity contribution in [2.24, 2.45) is 5.92 Å². The number of urea groups is 1. The van der Waals surface area contributed by atoms with Gasteiger partial charge in [-0.1, -0.05) is 13.0 Å². The Morgan fingerprint density at radius 3 is 2.79 bits per heavy atom. The summed E-state index contributed by atoms with van der Waals surface area (Å²) in [6, 6.07) is 4.31. The van der Waals surface area contributed by atoms with E-state index in [9.17, 15) is 17.6 Å². The number of benzene rings is 1. The molecule has 134 valence electrons. The molecule has 0 aromatic heterocycles. The largest absolute Gasteiger partial charge is 0.324 e. The van der Waals surface area contributed by atoms with E-state index in [0.29, 0.717) is 30.8 Å². The van der Waals surface area contributed by atoms with Crippen molar-refractivity contribution in [3.05, 3.63) is 29.6 Å². The fourth-order valence-corrected chi connectivity index (χ4v) is 3.95. The van der Waals surface area contributed by atoms with Crippen LogP contribution in [0.25, 0.3) is 0 Å². The van der Waals surface area contributed by atoms with Gasteiger partial charge in [-0.25, -0.2) is 22.3 Å². The summed E-state index contributed by atoms with van der Waals surface area (Å²) < 4.78 is 39.4. The van der Waals surface area contributed by atoms with Gasteiger partial charge in [0.1, 0.15) is 5.82 Å². The highest BCUT2D eigenvalue weighted by Crippen LogP contribution is 2.20. The van der Waals surface area contributed by atoms with E-state index in [2.05, 4.69) is 10.0 Å². The number of aryl methyl sites for hydroxylation is 1. The van der Waals surface area contributed by atoms with E-state index in [1.165, 1.54) is 13.1 Å². The highest BCUT2D eigenvalue weighted by Gasteiger charge is 2.27. The van der Waals surface area contributed by atoms with E-state index >= 15 is 0 Å². The van der Waals surface area contributed by atoms with Crippen molar-refractivity contribution < 1.29 is 17.6 Å². The first-order valence-corrected chi connectivity index (χ1v) is 9.75. The van der Waals surface area contributed by atoms with E-state index in [0.717, 1.165) is 12.8 Å². The molecule has 0 bridgehead atoms. The molecule has 2 N–H and O–H groups in total. The molecule has 24 heavy (non-hydrogen) atoms. The van der Waals surface area contributed by atoms with Crippen LogP contribution in [0.5, 0.6) is 0 Å². The second-order valence-electron chi connectivity index (χ2n) is 6.03. The van der Waals surface area contributed by atoms with Crippen LogP contribution in [-0.4, -0.2) is 45.2 Å². The highest BCUT2D eigenvalue weighted by atomic mass is 32.2. The summed E-state index contributed by atoms with van der Waals surface area (Å²) in [5.74, 6) is -0.430. The summed E-state index contributed by atoms with van der Waals surface area (Å²) in [5, 5.41) is 2.68. The first-order valence-electron chi connectivity index (χ1n) is 8.10. The lowest BCUT2D eigenvalue weighted by Gasteiger charge is -2.32. The van der Waals surface area contributed by atoms with Crippen LogP contribution in [0, 0.1) is 11.7 Å². The number of piperidine rings is 1. The molecule has 1 heterocycles. The maximum Gasteiger partial charge on any atom is 0.321 e. The van der Waals surface area contributed by atoms with Gasteiger partial charge >= 0.3 is 6.03 Å². The topological polar surface area (TPSA) is 78.5 Å². The molecule has 1 aromatic carbocycles. The van der Waals surface area contributed by atoms with Crippen molar-refractivity contribution in [3.8, 4) is 0 Å². The lowest BCUT2D eigenvalue weighted by molar-refractivity contribution is 0.182. The lowest BCUT2D eigenvalue weighted by Crippen LogP contribution is -2.44. The van der Waals surface area contributed by atoms with Crippen LogP contribution in [-0.2, 0) is 16.4 Å². The van der Waals surface area contributed by atoms with Gasteiger partial charge in [0.25, 0.3) is 0 Å². The number of carbonyl (C=O) groups is 1. The van der Waals surface area contributed by atoms with Crippen LogP contribution in [0.2, 0.25) is 0 Å². The third-order valence-corrected chi connectivity index (χ3v) is 5.79. The Balaban J connectivity index is 1.98. The minimum Gasteiger partial charge on any atom is -0.324 e. The summed E-state index contributed by atoms with van der Waals surface area (Å²) in [7, 11) is -1.91. The van der Waals surface area contributed by atoms with Gasteiger partial charge in [-0.3, -0.25) is 0 Å². The minimum absolute atomic E-state index is 0.00705. The summed E-state index contributed by atoms with van der Waals surface area (Å²) in [6.07, 6.45) is 2.11. The molecule has 1 unspecified atom stereocenters. The maximum atomic E-state index is 13.8. The number of anilines is 1. The third-order valence-electron chi connectivity index (χ3n) is 4.26. The van der Waals surface area contributed by atoms with E-state index < -0.39 is 10.0 Å². The van der Waals surface area contributed by atoms with Crippen LogP contribution in [0.4, 0.5) is 14.9 Å². The number of rotatable bonds is 5. The average Bonchev–Trinajstić information content (AvgIpc) is 2.55. The third kappa shape index (κ3) is 4.91. The molecule has 0 aliphatic carbocycles. The zero-order valence-corrected chi connectivity index (χ0v) is 14.8. The smallest absolute Gasteiger partial charge is 0.321 e. The van der Waals surface area contributed by atoms with Crippen molar-refractivity contribution in [2.45, 2.75) is 26.2 Å². The number of nitrogens with zero attached hydrogens (tertiary/aromatic N) is 1. The van der Waals surface area contributed by atoms with Crippen molar-refractivity contribution in [1.82, 2.24) is 9.62 Å². The number of hydrogen-bond acceptors (Lipinski definition) is 3. The number of nitrogens with one attached hydrogen (secondary N) is 2. The first kappa shape index (κ1) is 18.7. The molecule has 0 radical (unpaired) electrons. The lowest BCUT2D eigenvalue weighted by atomic mass is 10.0. The fraction of sp³-hybridized carbons (Fsp3) is 0.562. The second-order valence-corrected chi connectivity index (χ2v) is 8.00. The van der Waals surface area contributed by atoms with E-state index in [4.69, 9.17) is 0 Å². The molecule has 1 aliphatic heterocycles. The molecule has 1 atom stereocenters. The number of halogens is 1. The van der Waals surface area contributed by atoms with E-state index in [-0.39, 0.29) is 23.5 Å². The molecule has 1 aromatic rings. The van der Waals surface area contributed by atoms with Crippen molar-refractivity contribution >= 4 is 21.7 Å². The summed E-state index contributed by atoms with van der Waals surface area (Å²) >= 11 is 0. The predicted octanol–water partition coefficient (Wildman–Crippen LogP) is 2.18. The van der Waals surface area contributed by atoms with Crippen molar-refractivity contribution in [3.63, 3.8) is 0 Å². The van der Waals surface area contributed by atoms with Gasteiger partial charge < -0.3 is 10.2 Å². The van der Waals surface area contributed by atoms with Crippen LogP contribution in [0.15, 0.2) is 18.2 Å². The molecule has 1 saturated heterocycles. The van der Waals surface area contributed by atoms with Gasteiger partial charge in [-0.05, 0) is 49.9 Å². The van der Waals surface area contributed by atoms with E-state index in [1.807, 2.05) is 6.92 Å². The molecule has 8 heteroatoms. The Hall–Kier alpha value is -1.67. The van der Waals surface area contributed by atoms with Crippen LogP contribution < -0.4 is 10.0 Å². The van der Waals surface area contributed by atoms with Gasteiger partial charge in [-0.2, -0.15) is 0 Å². The van der Waals surface area contributed by atoms with Crippen LogP contribution in [0.1, 0.15) is 25.3 Å². The van der Waals surface area contributed by atoms with Gasteiger partial charge in [0.15, 0.2) is 0 Å². The Bertz CT molecular complexity index is 694.